The van der Waals surface area contributed by atoms with Crippen molar-refractivity contribution in [2.75, 3.05) is 0 Å². The SMILES string of the molecule is Cl.N[C@@H](C[C@H](O)c1cccc(OC(F)(F)F)c1)C(F)(F)F. The van der Waals surface area contributed by atoms with E-state index in [0.29, 0.717) is 0 Å². The van der Waals surface area contributed by atoms with Gasteiger partial charge in [-0.2, -0.15) is 13.2 Å². The number of aliphatic hydroxyl groups is 1. The molecule has 1 rings (SSSR count). The van der Waals surface area contributed by atoms with Gasteiger partial charge in [0.05, 0.1) is 6.10 Å². The van der Waals surface area contributed by atoms with Crippen LogP contribution in [0.5, 0.6) is 5.75 Å². The average molecular weight is 340 g/mol. The Morgan fingerprint density at radius 1 is 1.14 bits per heavy atom. The number of ether oxygens (including phenoxy) is 1. The molecular formula is C11H12ClF6NO2. The molecule has 1 aromatic rings. The van der Waals surface area contributed by atoms with E-state index in [0.717, 1.165) is 18.2 Å². The maximum absolute atomic E-state index is 12.2. The van der Waals surface area contributed by atoms with Crippen molar-refractivity contribution in [2.45, 2.75) is 31.1 Å². The maximum atomic E-state index is 12.2. The Bertz CT molecular complexity index is 451. The summed E-state index contributed by atoms with van der Waals surface area (Å²) in [6, 6.07) is 1.80. The molecule has 0 unspecified atom stereocenters. The molecule has 0 amide bonds. The van der Waals surface area contributed by atoms with Crippen LogP contribution < -0.4 is 10.5 Å². The lowest BCUT2D eigenvalue weighted by Gasteiger charge is -2.19. The van der Waals surface area contributed by atoms with Gasteiger partial charge in [-0.05, 0) is 17.7 Å². The minimum atomic E-state index is -4.92. The van der Waals surface area contributed by atoms with Gasteiger partial charge in [0.1, 0.15) is 11.8 Å². The molecule has 0 saturated heterocycles. The average Bonchev–Trinajstić information content (AvgIpc) is 2.25. The highest BCUT2D eigenvalue weighted by molar-refractivity contribution is 5.85. The van der Waals surface area contributed by atoms with E-state index in [1.807, 2.05) is 0 Å². The molecule has 0 aliphatic rings. The van der Waals surface area contributed by atoms with Crippen molar-refractivity contribution in [3.05, 3.63) is 29.8 Å². The van der Waals surface area contributed by atoms with Crippen LogP contribution in [-0.4, -0.2) is 23.7 Å². The van der Waals surface area contributed by atoms with Crippen LogP contribution in [0.2, 0.25) is 0 Å². The quantitative estimate of drug-likeness (QED) is 0.827. The van der Waals surface area contributed by atoms with Crippen LogP contribution >= 0.6 is 12.4 Å². The highest BCUT2D eigenvalue weighted by Gasteiger charge is 2.38. The van der Waals surface area contributed by atoms with Crippen LogP contribution in [0.15, 0.2) is 24.3 Å². The minimum absolute atomic E-state index is 0. The summed E-state index contributed by atoms with van der Waals surface area (Å²) in [7, 11) is 0. The van der Waals surface area contributed by atoms with Crippen molar-refractivity contribution in [3.8, 4) is 5.75 Å². The lowest BCUT2D eigenvalue weighted by Crippen LogP contribution is -2.38. The molecule has 0 aliphatic carbocycles. The number of aliphatic hydroxyl groups excluding tert-OH is 1. The van der Waals surface area contributed by atoms with Crippen LogP contribution in [0.1, 0.15) is 18.1 Å². The van der Waals surface area contributed by atoms with E-state index in [-0.39, 0.29) is 18.0 Å². The van der Waals surface area contributed by atoms with Crippen molar-refractivity contribution in [3.63, 3.8) is 0 Å². The number of alkyl halides is 6. The Morgan fingerprint density at radius 3 is 2.19 bits per heavy atom. The van der Waals surface area contributed by atoms with Crippen molar-refractivity contribution < 1.29 is 36.2 Å². The first-order valence-corrected chi connectivity index (χ1v) is 5.35. The first-order valence-electron chi connectivity index (χ1n) is 5.35. The van der Waals surface area contributed by atoms with Crippen molar-refractivity contribution >= 4 is 12.4 Å². The fourth-order valence-electron chi connectivity index (χ4n) is 1.43. The smallest absolute Gasteiger partial charge is 0.406 e. The Morgan fingerprint density at radius 2 is 1.71 bits per heavy atom. The molecule has 0 bridgehead atoms. The zero-order valence-electron chi connectivity index (χ0n) is 10.3. The summed E-state index contributed by atoms with van der Waals surface area (Å²) < 4.78 is 76.2. The molecule has 0 aromatic heterocycles. The van der Waals surface area contributed by atoms with Crippen molar-refractivity contribution in [1.82, 2.24) is 0 Å². The normalized spacial score (nSPS) is 15.0. The largest absolute Gasteiger partial charge is 0.573 e. The molecule has 10 heteroatoms. The van der Waals surface area contributed by atoms with Gasteiger partial charge in [-0.15, -0.1) is 25.6 Å². The predicted molar refractivity (Wildman–Crippen MR) is 64.0 cm³/mol. The van der Waals surface area contributed by atoms with E-state index >= 15 is 0 Å². The van der Waals surface area contributed by atoms with E-state index in [1.165, 1.54) is 6.07 Å². The van der Waals surface area contributed by atoms with Gasteiger partial charge < -0.3 is 15.6 Å². The monoisotopic (exact) mass is 339 g/mol. The molecule has 1 aromatic carbocycles. The van der Waals surface area contributed by atoms with Gasteiger partial charge in [-0.3, -0.25) is 0 Å². The molecular weight excluding hydrogens is 328 g/mol. The molecule has 2 atom stereocenters. The van der Waals surface area contributed by atoms with Gasteiger partial charge in [0, 0.05) is 6.42 Å². The Balaban J connectivity index is 0.00000400. The predicted octanol–water partition coefficient (Wildman–Crippen LogP) is 3.32. The van der Waals surface area contributed by atoms with Crippen molar-refractivity contribution in [1.29, 1.82) is 0 Å². The summed E-state index contributed by atoms with van der Waals surface area (Å²) in [5.41, 5.74) is 4.69. The molecule has 0 heterocycles. The lowest BCUT2D eigenvalue weighted by atomic mass is 10.0. The van der Waals surface area contributed by atoms with Gasteiger partial charge >= 0.3 is 12.5 Å². The molecule has 122 valence electrons. The van der Waals surface area contributed by atoms with Gasteiger partial charge in [0.2, 0.25) is 0 Å². The molecule has 3 N–H and O–H groups in total. The fourth-order valence-corrected chi connectivity index (χ4v) is 1.43. The Labute approximate surface area is 122 Å². The standard InChI is InChI=1S/C11H11F6NO2.ClH/c12-10(13,14)9(18)5-8(19)6-2-1-3-7(4-6)20-11(15,16)17;/h1-4,8-9,19H,5,18H2;1H/t8-,9-;/m0./s1. The zero-order chi connectivity index (χ0) is 15.6. The summed E-state index contributed by atoms with van der Waals surface area (Å²) in [6.45, 7) is 0. The number of hydrogen-bond donors (Lipinski definition) is 2. The summed E-state index contributed by atoms with van der Waals surface area (Å²) in [4.78, 5) is 0. The highest BCUT2D eigenvalue weighted by Crippen LogP contribution is 2.29. The van der Waals surface area contributed by atoms with Gasteiger partial charge in [0.25, 0.3) is 0 Å². The van der Waals surface area contributed by atoms with E-state index in [9.17, 15) is 31.4 Å². The van der Waals surface area contributed by atoms with Crippen LogP contribution in [0, 0.1) is 0 Å². The topological polar surface area (TPSA) is 55.5 Å². The van der Waals surface area contributed by atoms with Crippen LogP contribution in [0.3, 0.4) is 0 Å². The summed E-state index contributed by atoms with van der Waals surface area (Å²) >= 11 is 0. The van der Waals surface area contributed by atoms with E-state index in [1.54, 1.807) is 0 Å². The summed E-state index contributed by atoms with van der Waals surface area (Å²) in [5.74, 6) is -0.630. The highest BCUT2D eigenvalue weighted by atomic mass is 35.5. The Hall–Kier alpha value is -1.19. The second kappa shape index (κ2) is 7.19. The van der Waals surface area contributed by atoms with Gasteiger partial charge in [-0.25, -0.2) is 0 Å². The first-order chi connectivity index (χ1) is 8.99. The van der Waals surface area contributed by atoms with E-state index < -0.39 is 36.9 Å². The number of rotatable bonds is 4. The first kappa shape index (κ1) is 19.8. The Kier molecular flexibility index (Phi) is 6.78. The number of nitrogens with two attached hydrogens (primary N) is 1. The molecule has 0 aliphatic heterocycles. The maximum Gasteiger partial charge on any atom is 0.573 e. The van der Waals surface area contributed by atoms with Crippen LogP contribution in [0.25, 0.3) is 0 Å². The number of hydrogen-bond acceptors (Lipinski definition) is 3. The van der Waals surface area contributed by atoms with E-state index in [4.69, 9.17) is 5.73 Å². The van der Waals surface area contributed by atoms with Gasteiger partial charge in [0.15, 0.2) is 0 Å². The second-order valence-electron chi connectivity index (χ2n) is 4.02. The number of benzene rings is 1. The third-order valence-electron chi connectivity index (χ3n) is 2.37. The van der Waals surface area contributed by atoms with Crippen molar-refractivity contribution in [2.24, 2.45) is 5.73 Å². The molecule has 21 heavy (non-hydrogen) atoms. The second-order valence-corrected chi connectivity index (χ2v) is 4.02. The van der Waals surface area contributed by atoms with E-state index in [2.05, 4.69) is 4.74 Å². The zero-order valence-corrected chi connectivity index (χ0v) is 11.1. The number of halogens is 7. The van der Waals surface area contributed by atoms with Gasteiger partial charge in [-0.1, -0.05) is 12.1 Å². The third-order valence-corrected chi connectivity index (χ3v) is 2.37. The third kappa shape index (κ3) is 6.87. The molecule has 0 spiro atoms. The molecule has 3 nitrogen and oxygen atoms in total. The lowest BCUT2D eigenvalue weighted by molar-refractivity contribution is -0.274. The van der Waals surface area contributed by atoms with Crippen LogP contribution in [0.4, 0.5) is 26.3 Å². The van der Waals surface area contributed by atoms with Crippen LogP contribution in [-0.2, 0) is 0 Å². The minimum Gasteiger partial charge on any atom is -0.406 e. The summed E-state index contributed by atoms with van der Waals surface area (Å²) in [5, 5.41) is 9.56. The summed E-state index contributed by atoms with van der Waals surface area (Å²) in [6.07, 6.45) is -12.1. The fraction of sp³-hybridized carbons (Fsp3) is 0.455. The molecule has 0 saturated carbocycles. The molecule has 0 radical (unpaired) electrons. The molecule has 0 fully saturated rings.